The molecule has 120 valence electrons. The topological polar surface area (TPSA) is 78.9 Å². The largest absolute Gasteiger partial charge is 0.439 e. The summed E-state index contributed by atoms with van der Waals surface area (Å²) in [6.07, 6.45) is 1.88. The van der Waals surface area contributed by atoms with Gasteiger partial charge in [0.2, 0.25) is 11.0 Å². The first-order valence-corrected chi connectivity index (χ1v) is 8.57. The maximum atomic E-state index is 5.83. The number of rotatable bonds is 4. The summed E-state index contributed by atoms with van der Waals surface area (Å²) in [6, 6.07) is 8.08. The van der Waals surface area contributed by atoms with E-state index in [4.69, 9.17) is 9.15 Å². The first kappa shape index (κ1) is 14.6. The molecule has 23 heavy (non-hydrogen) atoms. The number of nitrogens with zero attached hydrogens (tertiary/aromatic N) is 5. The molecule has 2 aromatic heterocycles. The number of hydrogen-bond donors (Lipinski definition) is 0. The van der Waals surface area contributed by atoms with Crippen LogP contribution in [0.5, 0.6) is 0 Å². The van der Waals surface area contributed by atoms with E-state index in [0.717, 1.165) is 42.3 Å². The second-order valence-corrected chi connectivity index (χ2v) is 6.84. The molecule has 3 aromatic rings. The molecule has 1 aliphatic heterocycles. The molecule has 1 aromatic carbocycles. The molecule has 0 N–H and O–H groups in total. The van der Waals surface area contributed by atoms with E-state index < -0.39 is 0 Å². The first-order valence-electron chi connectivity index (χ1n) is 7.69. The van der Waals surface area contributed by atoms with Gasteiger partial charge in [0.25, 0.3) is 0 Å². The maximum absolute atomic E-state index is 5.83. The van der Waals surface area contributed by atoms with Gasteiger partial charge < -0.3 is 9.15 Å². The van der Waals surface area contributed by atoms with E-state index in [-0.39, 0.29) is 5.25 Å². The number of fused-ring (bicyclic) bond motifs is 1. The average molecular weight is 331 g/mol. The van der Waals surface area contributed by atoms with Crippen molar-refractivity contribution in [2.75, 3.05) is 13.2 Å². The van der Waals surface area contributed by atoms with E-state index in [1.54, 1.807) is 11.8 Å². The van der Waals surface area contributed by atoms with Gasteiger partial charge >= 0.3 is 0 Å². The Kier molecular flexibility index (Phi) is 4.00. The molecule has 7 nitrogen and oxygen atoms in total. The Morgan fingerprint density at radius 2 is 2.09 bits per heavy atom. The number of oxazole rings is 1. The van der Waals surface area contributed by atoms with Gasteiger partial charge in [-0.3, -0.25) is 0 Å². The number of hydrogen-bond acceptors (Lipinski definition) is 7. The van der Waals surface area contributed by atoms with E-state index >= 15 is 0 Å². The summed E-state index contributed by atoms with van der Waals surface area (Å²) in [5.74, 6) is 0.692. The molecule has 1 aliphatic rings. The molecule has 0 radical (unpaired) electrons. The van der Waals surface area contributed by atoms with Crippen molar-refractivity contribution in [3.05, 3.63) is 30.2 Å². The molecule has 0 unspecified atom stereocenters. The Morgan fingerprint density at radius 1 is 1.26 bits per heavy atom. The number of aromatic nitrogens is 5. The molecule has 0 saturated carbocycles. The Bertz CT molecular complexity index is 763. The van der Waals surface area contributed by atoms with Gasteiger partial charge in [0.15, 0.2) is 5.58 Å². The zero-order chi connectivity index (χ0) is 15.6. The molecule has 0 spiro atoms. The summed E-state index contributed by atoms with van der Waals surface area (Å²) in [5.41, 5.74) is 1.68. The van der Waals surface area contributed by atoms with E-state index in [2.05, 4.69) is 27.4 Å². The number of thioether (sulfide) groups is 1. The van der Waals surface area contributed by atoms with E-state index in [1.165, 1.54) is 0 Å². The summed E-state index contributed by atoms with van der Waals surface area (Å²) in [5, 5.41) is 13.0. The molecule has 0 bridgehead atoms. The lowest BCUT2D eigenvalue weighted by Crippen LogP contribution is -2.21. The highest BCUT2D eigenvalue weighted by Crippen LogP contribution is 2.36. The third-order valence-electron chi connectivity index (χ3n) is 3.94. The maximum Gasteiger partial charge on any atom is 0.210 e. The van der Waals surface area contributed by atoms with Crippen LogP contribution in [0, 0.1) is 0 Å². The Balaban J connectivity index is 1.54. The second kappa shape index (κ2) is 6.29. The van der Waals surface area contributed by atoms with Crippen molar-refractivity contribution < 1.29 is 9.15 Å². The van der Waals surface area contributed by atoms with Crippen LogP contribution < -0.4 is 0 Å². The molecule has 4 rings (SSSR count). The zero-order valence-corrected chi connectivity index (χ0v) is 13.6. The van der Waals surface area contributed by atoms with Gasteiger partial charge in [-0.25, -0.2) is 9.67 Å². The molecule has 1 atom stereocenters. The van der Waals surface area contributed by atoms with E-state index in [9.17, 15) is 0 Å². The number of ether oxygens (including phenoxy) is 1. The number of benzene rings is 1. The second-order valence-electron chi connectivity index (χ2n) is 5.53. The number of para-hydroxylation sites is 2. The van der Waals surface area contributed by atoms with Crippen molar-refractivity contribution in [3.63, 3.8) is 0 Å². The van der Waals surface area contributed by atoms with Crippen LogP contribution in [0.1, 0.15) is 36.9 Å². The smallest absolute Gasteiger partial charge is 0.210 e. The first-order chi connectivity index (χ1) is 11.3. The lowest BCUT2D eigenvalue weighted by molar-refractivity contribution is 0.0631. The van der Waals surface area contributed by atoms with Crippen molar-refractivity contribution in [1.82, 2.24) is 25.2 Å². The van der Waals surface area contributed by atoms with Crippen LogP contribution in [0.4, 0.5) is 0 Å². The van der Waals surface area contributed by atoms with Crippen LogP contribution in [0.2, 0.25) is 0 Å². The van der Waals surface area contributed by atoms with Crippen LogP contribution in [-0.4, -0.2) is 38.4 Å². The van der Waals surface area contributed by atoms with Gasteiger partial charge in [0, 0.05) is 13.2 Å². The molecule has 0 aliphatic carbocycles. The molecule has 0 amide bonds. The fourth-order valence-corrected chi connectivity index (χ4v) is 3.59. The minimum absolute atomic E-state index is 0.0343. The van der Waals surface area contributed by atoms with Crippen LogP contribution >= 0.6 is 11.8 Å². The molecule has 1 fully saturated rings. The third kappa shape index (κ3) is 2.96. The Hall–Kier alpha value is -1.93. The standard InChI is InChI=1S/C15H17N5O2S/c1-10(14-16-12-4-2-3-5-13(12)22-14)23-15-17-18-19-20(15)11-6-8-21-9-7-11/h2-5,10-11H,6-9H2,1H3/t10-/m0/s1. The summed E-state index contributed by atoms with van der Waals surface area (Å²) in [6.45, 7) is 3.57. The summed E-state index contributed by atoms with van der Waals surface area (Å²) < 4.78 is 13.2. The highest BCUT2D eigenvalue weighted by Gasteiger charge is 2.23. The Morgan fingerprint density at radius 3 is 2.91 bits per heavy atom. The van der Waals surface area contributed by atoms with Gasteiger partial charge in [-0.05, 0) is 42.3 Å². The van der Waals surface area contributed by atoms with Crippen LogP contribution in [-0.2, 0) is 4.74 Å². The van der Waals surface area contributed by atoms with Crippen molar-refractivity contribution >= 4 is 22.9 Å². The number of tetrazole rings is 1. The highest BCUT2D eigenvalue weighted by molar-refractivity contribution is 7.99. The SMILES string of the molecule is C[C@H](Sc1nnnn1C1CCOCC1)c1nc2ccccc2o1. The fraction of sp³-hybridized carbons (Fsp3) is 0.467. The lowest BCUT2D eigenvalue weighted by atomic mass is 10.1. The Labute approximate surface area is 137 Å². The van der Waals surface area contributed by atoms with Crippen LogP contribution in [0.15, 0.2) is 33.8 Å². The van der Waals surface area contributed by atoms with Crippen molar-refractivity contribution in [2.24, 2.45) is 0 Å². The van der Waals surface area contributed by atoms with Gasteiger partial charge in [0.05, 0.1) is 11.3 Å². The van der Waals surface area contributed by atoms with Gasteiger partial charge in [-0.1, -0.05) is 23.9 Å². The van der Waals surface area contributed by atoms with Crippen molar-refractivity contribution in [3.8, 4) is 0 Å². The van der Waals surface area contributed by atoms with Crippen LogP contribution in [0.3, 0.4) is 0 Å². The predicted molar refractivity (Wildman–Crippen MR) is 85.2 cm³/mol. The lowest BCUT2D eigenvalue weighted by Gasteiger charge is -2.22. The van der Waals surface area contributed by atoms with Crippen molar-refractivity contribution in [1.29, 1.82) is 0 Å². The van der Waals surface area contributed by atoms with Crippen molar-refractivity contribution in [2.45, 2.75) is 36.2 Å². The van der Waals surface area contributed by atoms with E-state index in [1.807, 2.05) is 28.9 Å². The minimum atomic E-state index is 0.0343. The predicted octanol–water partition coefficient (Wildman–Crippen LogP) is 3.02. The monoisotopic (exact) mass is 331 g/mol. The summed E-state index contributed by atoms with van der Waals surface area (Å²) in [7, 11) is 0. The molecule has 8 heteroatoms. The summed E-state index contributed by atoms with van der Waals surface area (Å²) >= 11 is 1.57. The fourth-order valence-electron chi connectivity index (χ4n) is 2.69. The summed E-state index contributed by atoms with van der Waals surface area (Å²) in [4.78, 5) is 4.55. The minimum Gasteiger partial charge on any atom is -0.439 e. The highest BCUT2D eigenvalue weighted by atomic mass is 32.2. The molecular weight excluding hydrogens is 314 g/mol. The molecule has 3 heterocycles. The normalized spacial score (nSPS) is 17.6. The molecule has 1 saturated heterocycles. The van der Waals surface area contributed by atoms with Gasteiger partial charge in [-0.2, -0.15) is 0 Å². The van der Waals surface area contributed by atoms with Gasteiger partial charge in [-0.15, -0.1) is 5.10 Å². The quantitative estimate of drug-likeness (QED) is 0.680. The third-order valence-corrected chi connectivity index (χ3v) is 4.97. The average Bonchev–Trinajstić information content (AvgIpc) is 3.22. The zero-order valence-electron chi connectivity index (χ0n) is 12.8. The van der Waals surface area contributed by atoms with Gasteiger partial charge in [0.1, 0.15) is 5.52 Å². The van der Waals surface area contributed by atoms with Crippen LogP contribution in [0.25, 0.3) is 11.1 Å². The van der Waals surface area contributed by atoms with E-state index in [0.29, 0.717) is 11.9 Å². The molecular formula is C15H17N5O2S.